The predicted octanol–water partition coefficient (Wildman–Crippen LogP) is 3.42. The quantitative estimate of drug-likeness (QED) is 0.921. The second-order valence-electron chi connectivity index (χ2n) is 7.16. The van der Waals surface area contributed by atoms with Crippen molar-refractivity contribution in [1.82, 2.24) is 10.2 Å². The van der Waals surface area contributed by atoms with Crippen molar-refractivity contribution in [2.75, 3.05) is 0 Å². The van der Waals surface area contributed by atoms with Gasteiger partial charge in [0.1, 0.15) is 10.0 Å². The maximum atomic E-state index is 6.11. The first-order chi connectivity index (χ1) is 9.18. The van der Waals surface area contributed by atoms with Crippen molar-refractivity contribution >= 4 is 11.3 Å². The standard InChI is InChI=1S/C15H23N3S/c1-2-12(16)13-17-18-14(19-13)15-6-9-3-10(7-15)5-11(4-9)8-15/h9-12H,2-8,16H2,1H3. The maximum Gasteiger partial charge on any atom is 0.134 e. The summed E-state index contributed by atoms with van der Waals surface area (Å²) in [4.78, 5) is 0. The Balaban J connectivity index is 1.66. The lowest BCUT2D eigenvalue weighted by Crippen LogP contribution is -2.48. The summed E-state index contributed by atoms with van der Waals surface area (Å²) >= 11 is 1.81. The van der Waals surface area contributed by atoms with E-state index in [1.165, 1.54) is 43.5 Å². The van der Waals surface area contributed by atoms with Crippen molar-refractivity contribution < 1.29 is 0 Å². The van der Waals surface area contributed by atoms with E-state index in [1.54, 1.807) is 11.3 Å². The molecule has 0 amide bonds. The van der Waals surface area contributed by atoms with Gasteiger partial charge in [-0.25, -0.2) is 0 Å². The minimum absolute atomic E-state index is 0.0835. The van der Waals surface area contributed by atoms with Gasteiger partial charge < -0.3 is 5.73 Å². The first-order valence-corrected chi connectivity index (χ1v) is 8.59. The Labute approximate surface area is 119 Å². The van der Waals surface area contributed by atoms with Crippen LogP contribution in [0, 0.1) is 17.8 Å². The van der Waals surface area contributed by atoms with Crippen LogP contribution in [0.1, 0.15) is 67.9 Å². The zero-order valence-corrected chi connectivity index (χ0v) is 12.5. The van der Waals surface area contributed by atoms with E-state index in [1.807, 2.05) is 0 Å². The fourth-order valence-corrected chi connectivity index (χ4v) is 6.29. The van der Waals surface area contributed by atoms with Crippen molar-refractivity contribution in [2.24, 2.45) is 23.5 Å². The van der Waals surface area contributed by atoms with Gasteiger partial charge in [0.2, 0.25) is 0 Å². The van der Waals surface area contributed by atoms with E-state index in [4.69, 9.17) is 5.73 Å². The van der Waals surface area contributed by atoms with Gasteiger partial charge in [-0.1, -0.05) is 18.3 Å². The van der Waals surface area contributed by atoms with E-state index in [9.17, 15) is 0 Å². The van der Waals surface area contributed by atoms with E-state index in [-0.39, 0.29) is 6.04 Å². The SMILES string of the molecule is CCC(N)c1nnc(C23CC4CC(CC(C4)C2)C3)s1. The molecule has 104 valence electrons. The Morgan fingerprint density at radius 2 is 1.74 bits per heavy atom. The highest BCUT2D eigenvalue weighted by Gasteiger charge is 2.53. The smallest absolute Gasteiger partial charge is 0.134 e. The van der Waals surface area contributed by atoms with Gasteiger partial charge in [0.25, 0.3) is 0 Å². The third-order valence-corrected chi connectivity index (χ3v) is 6.99. The zero-order valence-electron chi connectivity index (χ0n) is 11.6. The molecule has 1 atom stereocenters. The minimum atomic E-state index is 0.0835. The number of hydrogen-bond donors (Lipinski definition) is 1. The average molecular weight is 277 g/mol. The van der Waals surface area contributed by atoms with Gasteiger partial charge in [-0.2, -0.15) is 0 Å². The Morgan fingerprint density at radius 3 is 2.26 bits per heavy atom. The van der Waals surface area contributed by atoms with Crippen LogP contribution >= 0.6 is 11.3 Å². The summed E-state index contributed by atoms with van der Waals surface area (Å²) in [6.45, 7) is 2.12. The third kappa shape index (κ3) is 1.87. The summed E-state index contributed by atoms with van der Waals surface area (Å²) in [5, 5.41) is 11.3. The second kappa shape index (κ2) is 4.26. The Kier molecular flexibility index (Phi) is 2.75. The van der Waals surface area contributed by atoms with E-state index in [0.29, 0.717) is 5.41 Å². The van der Waals surface area contributed by atoms with Crippen molar-refractivity contribution in [2.45, 2.75) is 63.3 Å². The van der Waals surface area contributed by atoms with Gasteiger partial charge >= 0.3 is 0 Å². The molecule has 5 rings (SSSR count). The lowest BCUT2D eigenvalue weighted by atomic mass is 9.50. The first-order valence-electron chi connectivity index (χ1n) is 7.78. The van der Waals surface area contributed by atoms with Crippen LogP contribution < -0.4 is 5.73 Å². The van der Waals surface area contributed by atoms with Crippen LogP contribution in [0.15, 0.2) is 0 Å². The van der Waals surface area contributed by atoms with Crippen molar-refractivity contribution in [3.05, 3.63) is 10.0 Å². The van der Waals surface area contributed by atoms with Gasteiger partial charge in [-0.3, -0.25) is 0 Å². The minimum Gasteiger partial charge on any atom is -0.322 e. The third-order valence-electron chi connectivity index (χ3n) is 5.69. The number of rotatable bonds is 3. The molecule has 1 aromatic rings. The normalized spacial score (nSPS) is 41.7. The van der Waals surface area contributed by atoms with Crippen molar-refractivity contribution in [3.63, 3.8) is 0 Å². The molecule has 4 aliphatic carbocycles. The van der Waals surface area contributed by atoms with Crippen molar-refractivity contribution in [1.29, 1.82) is 0 Å². The fourth-order valence-electron chi connectivity index (χ4n) is 5.15. The Hall–Kier alpha value is -0.480. The molecule has 1 unspecified atom stereocenters. The Morgan fingerprint density at radius 1 is 1.16 bits per heavy atom. The molecule has 4 bridgehead atoms. The average Bonchev–Trinajstić information content (AvgIpc) is 2.86. The van der Waals surface area contributed by atoms with E-state index in [2.05, 4.69) is 17.1 Å². The van der Waals surface area contributed by atoms with E-state index in [0.717, 1.165) is 29.2 Å². The Bertz CT molecular complexity index is 446. The molecular formula is C15H23N3S. The fraction of sp³-hybridized carbons (Fsp3) is 0.867. The van der Waals surface area contributed by atoms with Gasteiger partial charge in [0, 0.05) is 5.41 Å². The molecule has 2 N–H and O–H groups in total. The summed E-state index contributed by atoms with van der Waals surface area (Å²) in [6, 6.07) is 0.0835. The van der Waals surface area contributed by atoms with Gasteiger partial charge in [-0.15, -0.1) is 10.2 Å². The molecule has 4 fully saturated rings. The monoisotopic (exact) mass is 277 g/mol. The number of nitrogens with zero attached hydrogens (tertiary/aromatic N) is 2. The number of aromatic nitrogens is 2. The van der Waals surface area contributed by atoms with E-state index >= 15 is 0 Å². The second-order valence-corrected chi connectivity index (χ2v) is 8.17. The molecule has 4 aliphatic rings. The summed E-state index contributed by atoms with van der Waals surface area (Å²) in [6.07, 6.45) is 9.52. The molecule has 4 saturated carbocycles. The lowest BCUT2D eigenvalue weighted by molar-refractivity contribution is -0.00555. The molecule has 1 heterocycles. The molecule has 0 aliphatic heterocycles. The summed E-state index contributed by atoms with van der Waals surface area (Å²) < 4.78 is 0. The number of hydrogen-bond acceptors (Lipinski definition) is 4. The zero-order chi connectivity index (χ0) is 13.0. The molecule has 0 aromatic carbocycles. The van der Waals surface area contributed by atoms with Crippen LogP contribution in [0.25, 0.3) is 0 Å². The largest absolute Gasteiger partial charge is 0.322 e. The van der Waals surface area contributed by atoms with Crippen LogP contribution in [-0.4, -0.2) is 10.2 Å². The van der Waals surface area contributed by atoms with Crippen LogP contribution in [0.3, 0.4) is 0 Å². The van der Waals surface area contributed by atoms with Crippen LogP contribution in [0.4, 0.5) is 0 Å². The summed E-state index contributed by atoms with van der Waals surface area (Å²) in [5.74, 6) is 2.91. The van der Waals surface area contributed by atoms with E-state index < -0.39 is 0 Å². The molecule has 0 radical (unpaired) electrons. The predicted molar refractivity (Wildman–Crippen MR) is 77.0 cm³/mol. The molecule has 1 aromatic heterocycles. The van der Waals surface area contributed by atoms with Crippen molar-refractivity contribution in [3.8, 4) is 0 Å². The lowest BCUT2D eigenvalue weighted by Gasteiger charge is -2.55. The van der Waals surface area contributed by atoms with Crippen LogP contribution in [0.5, 0.6) is 0 Å². The highest BCUT2D eigenvalue weighted by molar-refractivity contribution is 7.11. The summed E-state index contributed by atoms with van der Waals surface area (Å²) in [7, 11) is 0. The van der Waals surface area contributed by atoms with Gasteiger partial charge in [-0.05, 0) is 62.7 Å². The number of nitrogens with two attached hydrogens (primary N) is 1. The molecule has 19 heavy (non-hydrogen) atoms. The topological polar surface area (TPSA) is 51.8 Å². The van der Waals surface area contributed by atoms with Crippen LogP contribution in [-0.2, 0) is 5.41 Å². The maximum absolute atomic E-state index is 6.11. The highest BCUT2D eigenvalue weighted by atomic mass is 32.1. The molecular weight excluding hydrogens is 254 g/mol. The highest BCUT2D eigenvalue weighted by Crippen LogP contribution is 2.61. The van der Waals surface area contributed by atoms with Crippen LogP contribution in [0.2, 0.25) is 0 Å². The van der Waals surface area contributed by atoms with Gasteiger partial charge in [0.15, 0.2) is 0 Å². The molecule has 4 heteroatoms. The molecule has 0 saturated heterocycles. The first kappa shape index (κ1) is 12.3. The van der Waals surface area contributed by atoms with Gasteiger partial charge in [0.05, 0.1) is 6.04 Å². The molecule has 3 nitrogen and oxygen atoms in total. The summed E-state index contributed by atoms with van der Waals surface area (Å²) in [5.41, 5.74) is 6.49. The molecule has 0 spiro atoms.